The predicted molar refractivity (Wildman–Crippen MR) is 55.8 cm³/mol. The molecule has 0 bridgehead atoms. The summed E-state index contributed by atoms with van der Waals surface area (Å²) < 4.78 is 0. The summed E-state index contributed by atoms with van der Waals surface area (Å²) in [6.45, 7) is 3.90. The Kier molecular flexibility index (Phi) is 4.04. The van der Waals surface area contributed by atoms with Crippen LogP contribution in [0.5, 0.6) is 0 Å². The SMILES string of the molecule is C1CNC(S[I-]SC2=NCCN2)=N1. The van der Waals surface area contributed by atoms with Gasteiger partial charge in [-0.15, -0.1) is 0 Å². The molecular weight excluding hydrogens is 319 g/mol. The summed E-state index contributed by atoms with van der Waals surface area (Å²) in [6, 6.07) is 0. The number of aliphatic imine (C=N–C) groups is 2. The van der Waals surface area contributed by atoms with E-state index in [2.05, 4.69) is 20.6 Å². The first-order valence-corrected chi connectivity index (χ1v) is 10.7. The van der Waals surface area contributed by atoms with Crippen LogP contribution in [-0.2, 0) is 0 Å². The standard InChI is InChI=1S/C6H10IN4S2/c1-2-9-5(8-1)12-7-13-6-10-3-4-11-6/h1-4H2,(H,8,9)(H,10,11)/q-1. The number of nitrogens with one attached hydrogen (secondary N) is 2. The van der Waals surface area contributed by atoms with Crippen LogP contribution in [0, 0.1) is 0 Å². The van der Waals surface area contributed by atoms with E-state index in [1.54, 1.807) is 0 Å². The van der Waals surface area contributed by atoms with Gasteiger partial charge < -0.3 is 0 Å². The van der Waals surface area contributed by atoms with Gasteiger partial charge in [-0.1, -0.05) is 0 Å². The molecule has 0 radical (unpaired) electrons. The van der Waals surface area contributed by atoms with Crippen LogP contribution in [0.3, 0.4) is 0 Å². The second kappa shape index (κ2) is 5.30. The van der Waals surface area contributed by atoms with Gasteiger partial charge in [0, 0.05) is 0 Å². The molecule has 2 aliphatic heterocycles. The molecular formula is C6H10IN4S2-. The quantitative estimate of drug-likeness (QED) is 0.541. The molecule has 2 N–H and O–H groups in total. The van der Waals surface area contributed by atoms with Gasteiger partial charge in [0.2, 0.25) is 0 Å². The van der Waals surface area contributed by atoms with E-state index in [1.807, 2.05) is 17.9 Å². The number of hydrogen-bond donors (Lipinski definition) is 2. The van der Waals surface area contributed by atoms with Gasteiger partial charge in [-0.2, -0.15) is 0 Å². The zero-order valence-electron chi connectivity index (χ0n) is 6.92. The Morgan fingerprint density at radius 2 is 1.54 bits per heavy atom. The van der Waals surface area contributed by atoms with E-state index in [0.717, 1.165) is 36.5 Å². The molecule has 0 aromatic heterocycles. The summed E-state index contributed by atoms with van der Waals surface area (Å²) in [6.07, 6.45) is 0. The summed E-state index contributed by atoms with van der Waals surface area (Å²) in [5.41, 5.74) is 0. The molecule has 0 aromatic rings. The van der Waals surface area contributed by atoms with Crippen LogP contribution in [0.1, 0.15) is 0 Å². The van der Waals surface area contributed by atoms with Crippen LogP contribution in [0.25, 0.3) is 0 Å². The monoisotopic (exact) mass is 329 g/mol. The van der Waals surface area contributed by atoms with Gasteiger partial charge in [-0.25, -0.2) is 0 Å². The average Bonchev–Trinajstić information content (AvgIpc) is 2.75. The predicted octanol–water partition coefficient (Wildman–Crippen LogP) is -2.71. The van der Waals surface area contributed by atoms with Gasteiger partial charge in [0.1, 0.15) is 0 Å². The number of hydrogen-bond acceptors (Lipinski definition) is 6. The molecule has 2 aliphatic rings. The van der Waals surface area contributed by atoms with E-state index in [9.17, 15) is 0 Å². The molecule has 2 heterocycles. The average molecular weight is 329 g/mol. The minimum atomic E-state index is 0.0456. The third kappa shape index (κ3) is 3.21. The van der Waals surface area contributed by atoms with Crippen molar-refractivity contribution in [3.63, 3.8) is 0 Å². The first kappa shape index (κ1) is 9.91. The van der Waals surface area contributed by atoms with Gasteiger partial charge in [0.25, 0.3) is 0 Å². The van der Waals surface area contributed by atoms with Crippen LogP contribution in [-0.4, -0.2) is 36.5 Å². The Morgan fingerprint density at radius 3 is 1.92 bits per heavy atom. The Hall–Kier alpha value is 0.370. The van der Waals surface area contributed by atoms with Crippen molar-refractivity contribution in [2.45, 2.75) is 0 Å². The fourth-order valence-corrected chi connectivity index (χ4v) is 7.77. The van der Waals surface area contributed by atoms with Crippen molar-refractivity contribution in [3.8, 4) is 0 Å². The van der Waals surface area contributed by atoms with Gasteiger partial charge in [-0.3, -0.25) is 0 Å². The van der Waals surface area contributed by atoms with Crippen molar-refractivity contribution in [3.05, 3.63) is 0 Å². The number of amidine groups is 2. The summed E-state index contributed by atoms with van der Waals surface area (Å²) in [4.78, 5) is 8.64. The first-order chi connectivity index (χ1) is 6.45. The molecule has 74 valence electrons. The molecule has 0 spiro atoms. The van der Waals surface area contributed by atoms with Crippen LogP contribution >= 0.6 is 17.9 Å². The molecule has 2 rings (SSSR count). The third-order valence-electron chi connectivity index (χ3n) is 1.50. The van der Waals surface area contributed by atoms with Gasteiger partial charge in [-0.05, 0) is 0 Å². The van der Waals surface area contributed by atoms with Crippen LogP contribution in [0.15, 0.2) is 9.98 Å². The second-order valence-corrected chi connectivity index (χ2v) is 9.91. The summed E-state index contributed by atoms with van der Waals surface area (Å²) in [5, 5.41) is 8.75. The number of nitrogens with zero attached hydrogens (tertiary/aromatic N) is 2. The van der Waals surface area contributed by atoms with Crippen molar-refractivity contribution in [1.29, 1.82) is 0 Å². The third-order valence-corrected chi connectivity index (χ3v) is 8.58. The van der Waals surface area contributed by atoms with Gasteiger partial charge in [0.05, 0.1) is 0 Å². The molecule has 0 saturated heterocycles. The van der Waals surface area contributed by atoms with Crippen molar-refractivity contribution >= 4 is 28.2 Å². The van der Waals surface area contributed by atoms with Crippen LogP contribution in [0.2, 0.25) is 0 Å². The van der Waals surface area contributed by atoms with E-state index in [1.165, 1.54) is 0 Å². The number of rotatable bonds is 2. The minimum absolute atomic E-state index is 0.0456. The normalized spacial score (nSPS) is 20.9. The Labute approximate surface area is 93.0 Å². The van der Waals surface area contributed by atoms with Gasteiger partial charge in [0.15, 0.2) is 0 Å². The second-order valence-electron chi connectivity index (χ2n) is 2.44. The zero-order chi connectivity index (χ0) is 8.93. The van der Waals surface area contributed by atoms with Crippen LogP contribution in [0.4, 0.5) is 0 Å². The van der Waals surface area contributed by atoms with Crippen molar-refractivity contribution in [2.24, 2.45) is 9.98 Å². The molecule has 0 aliphatic carbocycles. The maximum absolute atomic E-state index is 4.32. The molecule has 0 unspecified atom stereocenters. The maximum atomic E-state index is 4.32. The van der Waals surface area contributed by atoms with E-state index < -0.39 is 0 Å². The molecule has 0 fully saturated rings. The first-order valence-electron chi connectivity index (χ1n) is 4.00. The molecule has 13 heavy (non-hydrogen) atoms. The fourth-order valence-electron chi connectivity index (χ4n) is 0.931. The molecule has 0 amide bonds. The van der Waals surface area contributed by atoms with Crippen molar-refractivity contribution in [1.82, 2.24) is 10.6 Å². The summed E-state index contributed by atoms with van der Waals surface area (Å²) >= 11 is 0.0456. The van der Waals surface area contributed by atoms with Crippen molar-refractivity contribution < 1.29 is 18.4 Å². The van der Waals surface area contributed by atoms with Crippen LogP contribution < -0.4 is 29.1 Å². The van der Waals surface area contributed by atoms with Crippen molar-refractivity contribution in [2.75, 3.05) is 26.2 Å². The zero-order valence-corrected chi connectivity index (χ0v) is 10.7. The Morgan fingerprint density at radius 1 is 1.00 bits per heavy atom. The molecule has 0 saturated carbocycles. The summed E-state index contributed by atoms with van der Waals surface area (Å²) in [7, 11) is 3.72. The molecule has 7 heteroatoms. The topological polar surface area (TPSA) is 48.8 Å². The number of halogens is 1. The van der Waals surface area contributed by atoms with E-state index in [0.29, 0.717) is 0 Å². The molecule has 0 atom stereocenters. The molecule has 0 aromatic carbocycles. The Bertz CT molecular complexity index is 219. The fraction of sp³-hybridized carbons (Fsp3) is 0.667. The van der Waals surface area contributed by atoms with E-state index in [-0.39, 0.29) is 18.4 Å². The van der Waals surface area contributed by atoms with E-state index in [4.69, 9.17) is 0 Å². The molecule has 4 nitrogen and oxygen atoms in total. The van der Waals surface area contributed by atoms with E-state index >= 15 is 0 Å². The Balaban J connectivity index is 1.63. The van der Waals surface area contributed by atoms with Gasteiger partial charge >= 0.3 is 93.4 Å². The summed E-state index contributed by atoms with van der Waals surface area (Å²) in [5.74, 6) is 0.